The quantitative estimate of drug-likeness (QED) is 0.720. The molecule has 8 heteroatoms. The van der Waals surface area contributed by atoms with Gasteiger partial charge >= 0.3 is 0 Å². The first-order valence-corrected chi connectivity index (χ1v) is 8.18. The summed E-state index contributed by atoms with van der Waals surface area (Å²) in [5, 5.41) is 7.21. The number of aromatic nitrogens is 3. The Balaban J connectivity index is 1.63. The Morgan fingerprint density at radius 2 is 1.96 bits per heavy atom. The first kappa shape index (κ1) is 17.4. The molecule has 0 saturated carbocycles. The van der Waals surface area contributed by atoms with Crippen LogP contribution in [0.3, 0.4) is 0 Å². The molecule has 0 fully saturated rings. The highest BCUT2D eigenvalue weighted by Crippen LogP contribution is 2.24. The Morgan fingerprint density at radius 3 is 2.68 bits per heavy atom. The molecule has 0 radical (unpaired) electrons. The third-order valence-corrected chi connectivity index (χ3v) is 4.19. The average Bonchev–Trinajstić information content (AvgIpc) is 2.97. The van der Waals surface area contributed by atoms with Crippen LogP contribution in [0.2, 0.25) is 10.2 Å². The van der Waals surface area contributed by atoms with E-state index in [2.05, 4.69) is 15.4 Å². The number of hydrogen-bond acceptors (Lipinski definition) is 3. The number of hydrogen-bond donors (Lipinski definition) is 1. The van der Waals surface area contributed by atoms with Gasteiger partial charge in [0.05, 0.1) is 22.6 Å². The molecule has 0 spiro atoms. The number of aryl methyl sites for hydroxylation is 1. The highest BCUT2D eigenvalue weighted by atomic mass is 35.5. The van der Waals surface area contributed by atoms with Crippen LogP contribution in [-0.2, 0) is 11.2 Å². The van der Waals surface area contributed by atoms with Crippen molar-refractivity contribution < 1.29 is 9.18 Å². The van der Waals surface area contributed by atoms with Gasteiger partial charge in [0, 0.05) is 18.8 Å². The topological polar surface area (TPSA) is 59.8 Å². The zero-order valence-electron chi connectivity index (χ0n) is 12.9. The molecule has 128 valence electrons. The van der Waals surface area contributed by atoms with Crippen molar-refractivity contribution >= 4 is 34.8 Å². The zero-order valence-corrected chi connectivity index (χ0v) is 14.4. The van der Waals surface area contributed by atoms with Crippen LogP contribution >= 0.6 is 23.2 Å². The summed E-state index contributed by atoms with van der Waals surface area (Å²) in [6.45, 7) is 0. The van der Waals surface area contributed by atoms with Crippen molar-refractivity contribution in [1.29, 1.82) is 0 Å². The van der Waals surface area contributed by atoms with Crippen molar-refractivity contribution in [3.05, 3.63) is 70.5 Å². The van der Waals surface area contributed by atoms with Crippen LogP contribution < -0.4 is 5.32 Å². The summed E-state index contributed by atoms with van der Waals surface area (Å²) >= 11 is 11.9. The van der Waals surface area contributed by atoms with Crippen molar-refractivity contribution in [2.45, 2.75) is 12.8 Å². The Morgan fingerprint density at radius 1 is 1.20 bits per heavy atom. The number of carbonyl (C=O) groups excluding carboxylic acids is 1. The molecule has 0 bridgehead atoms. The Hall–Kier alpha value is -2.44. The maximum absolute atomic E-state index is 13.4. The lowest BCUT2D eigenvalue weighted by atomic mass is 10.1. The van der Waals surface area contributed by atoms with E-state index in [-0.39, 0.29) is 22.5 Å². The molecule has 3 aromatic rings. The van der Waals surface area contributed by atoms with E-state index in [9.17, 15) is 9.18 Å². The molecule has 0 unspecified atom stereocenters. The number of carbonyl (C=O) groups is 1. The number of rotatable bonds is 5. The third-order valence-electron chi connectivity index (χ3n) is 3.52. The lowest BCUT2D eigenvalue weighted by molar-refractivity contribution is -0.116. The van der Waals surface area contributed by atoms with Gasteiger partial charge in [-0.05, 0) is 36.2 Å². The molecule has 25 heavy (non-hydrogen) atoms. The molecule has 0 aliphatic rings. The van der Waals surface area contributed by atoms with E-state index in [0.29, 0.717) is 17.7 Å². The maximum atomic E-state index is 13.4. The first-order valence-electron chi connectivity index (χ1n) is 7.42. The number of nitrogens with zero attached hydrogens (tertiary/aromatic N) is 3. The van der Waals surface area contributed by atoms with E-state index in [1.54, 1.807) is 30.6 Å². The minimum absolute atomic E-state index is 0.0588. The zero-order chi connectivity index (χ0) is 17.8. The minimum Gasteiger partial charge on any atom is -0.322 e. The lowest BCUT2D eigenvalue weighted by Crippen LogP contribution is -2.12. The number of pyridine rings is 1. The van der Waals surface area contributed by atoms with Crippen LogP contribution in [0.25, 0.3) is 5.69 Å². The molecule has 1 aromatic carbocycles. The van der Waals surface area contributed by atoms with Gasteiger partial charge in [0.25, 0.3) is 0 Å². The monoisotopic (exact) mass is 378 g/mol. The standard InChI is InChI=1S/C17H13Cl2FN4O/c18-13-3-1-11(9-14(13)20)2-4-16(25)23-15-10-22-24(17(15)19)12-5-7-21-8-6-12/h1,3,5-10H,2,4H2,(H,23,25). The molecule has 0 aliphatic heterocycles. The molecule has 1 amide bonds. The summed E-state index contributed by atoms with van der Waals surface area (Å²) in [4.78, 5) is 16.0. The van der Waals surface area contributed by atoms with Gasteiger partial charge in [-0.2, -0.15) is 5.10 Å². The second-order valence-electron chi connectivity index (χ2n) is 5.26. The molecule has 5 nitrogen and oxygen atoms in total. The fourth-order valence-electron chi connectivity index (χ4n) is 2.25. The summed E-state index contributed by atoms with van der Waals surface area (Å²) in [5.41, 5.74) is 1.83. The normalized spacial score (nSPS) is 10.7. The largest absolute Gasteiger partial charge is 0.322 e. The predicted molar refractivity (Wildman–Crippen MR) is 94.7 cm³/mol. The second-order valence-corrected chi connectivity index (χ2v) is 6.03. The highest BCUT2D eigenvalue weighted by molar-refractivity contribution is 6.33. The van der Waals surface area contributed by atoms with Crippen molar-refractivity contribution in [3.8, 4) is 5.69 Å². The number of benzene rings is 1. The van der Waals surface area contributed by atoms with Crippen LogP contribution in [0.4, 0.5) is 10.1 Å². The number of amides is 1. The van der Waals surface area contributed by atoms with Gasteiger partial charge in [-0.25, -0.2) is 9.07 Å². The molecule has 0 atom stereocenters. The van der Waals surface area contributed by atoms with Gasteiger partial charge in [-0.1, -0.05) is 29.3 Å². The number of halogens is 3. The van der Waals surface area contributed by atoms with Gasteiger partial charge in [0.15, 0.2) is 5.15 Å². The SMILES string of the molecule is O=C(CCc1ccc(Cl)c(F)c1)Nc1cnn(-c2ccncc2)c1Cl. The molecule has 1 N–H and O–H groups in total. The average molecular weight is 379 g/mol. The van der Waals surface area contributed by atoms with E-state index >= 15 is 0 Å². The Kier molecular flexibility index (Phi) is 5.31. The summed E-state index contributed by atoms with van der Waals surface area (Å²) in [6.07, 6.45) is 5.28. The van der Waals surface area contributed by atoms with E-state index < -0.39 is 5.82 Å². The van der Waals surface area contributed by atoms with Gasteiger partial charge < -0.3 is 5.32 Å². The maximum Gasteiger partial charge on any atom is 0.224 e. The molecule has 3 rings (SSSR count). The van der Waals surface area contributed by atoms with Gasteiger partial charge in [-0.3, -0.25) is 9.78 Å². The fourth-order valence-corrected chi connectivity index (χ4v) is 2.60. The van der Waals surface area contributed by atoms with E-state index in [4.69, 9.17) is 23.2 Å². The second kappa shape index (κ2) is 7.63. The summed E-state index contributed by atoms with van der Waals surface area (Å²) in [6, 6.07) is 7.98. The minimum atomic E-state index is -0.499. The molecular weight excluding hydrogens is 366 g/mol. The highest BCUT2D eigenvalue weighted by Gasteiger charge is 2.13. The molecule has 0 aliphatic carbocycles. The van der Waals surface area contributed by atoms with Gasteiger partial charge in [0.1, 0.15) is 5.82 Å². The van der Waals surface area contributed by atoms with Crippen molar-refractivity contribution in [2.24, 2.45) is 0 Å². The summed E-state index contributed by atoms with van der Waals surface area (Å²) in [5.74, 6) is -0.743. The van der Waals surface area contributed by atoms with Crippen LogP contribution in [0.15, 0.2) is 48.9 Å². The Labute approximate surface area is 153 Å². The van der Waals surface area contributed by atoms with Gasteiger partial charge in [-0.15, -0.1) is 0 Å². The van der Waals surface area contributed by atoms with Crippen molar-refractivity contribution in [3.63, 3.8) is 0 Å². The fraction of sp³-hybridized carbons (Fsp3) is 0.118. The summed E-state index contributed by atoms with van der Waals surface area (Å²) in [7, 11) is 0. The predicted octanol–water partition coefficient (Wildman–Crippen LogP) is 4.28. The smallest absolute Gasteiger partial charge is 0.224 e. The van der Waals surface area contributed by atoms with Gasteiger partial charge in [0.2, 0.25) is 5.91 Å². The van der Waals surface area contributed by atoms with Crippen LogP contribution in [-0.4, -0.2) is 20.7 Å². The van der Waals surface area contributed by atoms with Crippen molar-refractivity contribution in [1.82, 2.24) is 14.8 Å². The van der Waals surface area contributed by atoms with Crippen molar-refractivity contribution in [2.75, 3.05) is 5.32 Å². The van der Waals surface area contributed by atoms with Crippen LogP contribution in [0, 0.1) is 5.82 Å². The van der Waals surface area contributed by atoms with E-state index in [1.807, 2.05) is 0 Å². The number of nitrogens with one attached hydrogen (secondary N) is 1. The molecule has 2 heterocycles. The Bertz CT molecular complexity index is 899. The summed E-state index contributed by atoms with van der Waals surface area (Å²) < 4.78 is 14.9. The molecule has 0 saturated heterocycles. The van der Waals surface area contributed by atoms with Crippen LogP contribution in [0.1, 0.15) is 12.0 Å². The lowest BCUT2D eigenvalue weighted by Gasteiger charge is -2.06. The number of anilines is 1. The first-order chi connectivity index (χ1) is 12.0. The molecule has 2 aromatic heterocycles. The van der Waals surface area contributed by atoms with E-state index in [1.165, 1.54) is 23.0 Å². The third kappa shape index (κ3) is 4.15. The molecular formula is C17H13Cl2FN4O. The van der Waals surface area contributed by atoms with E-state index in [0.717, 1.165) is 5.69 Å². The van der Waals surface area contributed by atoms with Crippen LogP contribution in [0.5, 0.6) is 0 Å².